The first-order valence-corrected chi connectivity index (χ1v) is 6.88. The predicted octanol–water partition coefficient (Wildman–Crippen LogP) is 2.73. The zero-order valence-electron chi connectivity index (χ0n) is 11.7. The maximum Gasteiger partial charge on any atom is 0.303 e. The minimum Gasteiger partial charge on any atom is -0.481 e. The van der Waals surface area contributed by atoms with Gasteiger partial charge in [-0.25, -0.2) is 0 Å². The molecule has 3 N–H and O–H groups in total. The fraction of sp³-hybridized carbons (Fsp3) is 0.235. The van der Waals surface area contributed by atoms with E-state index in [1.807, 2.05) is 60.7 Å². The van der Waals surface area contributed by atoms with Crippen LogP contribution >= 0.6 is 0 Å². The van der Waals surface area contributed by atoms with Gasteiger partial charge in [-0.3, -0.25) is 10.5 Å². The van der Waals surface area contributed by atoms with Gasteiger partial charge in [0.2, 0.25) is 0 Å². The number of hydrogen-bond acceptors (Lipinski definition) is 3. The maximum absolute atomic E-state index is 10.6. The summed E-state index contributed by atoms with van der Waals surface area (Å²) in [5.74, 6) is -0.833. The number of rotatable bonds is 7. The van der Waals surface area contributed by atoms with Crippen molar-refractivity contribution in [2.45, 2.75) is 18.6 Å². The molecule has 0 aliphatic carbocycles. The highest BCUT2D eigenvalue weighted by Gasteiger charge is 2.30. The van der Waals surface area contributed by atoms with Crippen LogP contribution in [0.15, 0.2) is 60.7 Å². The quantitative estimate of drug-likeness (QED) is 0.606. The van der Waals surface area contributed by atoms with E-state index in [0.29, 0.717) is 6.42 Å². The normalized spacial score (nSPS) is 11.3. The smallest absolute Gasteiger partial charge is 0.303 e. The molecule has 2 aromatic rings. The van der Waals surface area contributed by atoms with Crippen LogP contribution in [-0.4, -0.2) is 17.7 Å². The van der Waals surface area contributed by atoms with Crippen molar-refractivity contribution >= 4 is 5.97 Å². The first kappa shape index (κ1) is 15.2. The molecule has 0 unspecified atom stereocenters. The average Bonchev–Trinajstić information content (AvgIpc) is 2.53. The van der Waals surface area contributed by atoms with Gasteiger partial charge in [0.25, 0.3) is 0 Å². The van der Waals surface area contributed by atoms with Crippen LogP contribution in [0, 0.1) is 0 Å². The number of aliphatic carboxylic acids is 1. The molecule has 2 aromatic carbocycles. The van der Waals surface area contributed by atoms with Crippen molar-refractivity contribution in [2.24, 2.45) is 5.73 Å². The van der Waals surface area contributed by atoms with Crippen LogP contribution < -0.4 is 5.73 Å². The summed E-state index contributed by atoms with van der Waals surface area (Å²) < 4.78 is 5.87. The lowest BCUT2D eigenvalue weighted by Gasteiger charge is -2.31. The summed E-state index contributed by atoms with van der Waals surface area (Å²) in [4.78, 5) is 10.6. The zero-order chi connectivity index (χ0) is 15.1. The van der Waals surface area contributed by atoms with Crippen molar-refractivity contribution in [1.29, 1.82) is 0 Å². The number of carbonyl (C=O) groups is 1. The molecule has 0 fully saturated rings. The highest BCUT2D eigenvalue weighted by Crippen LogP contribution is 2.28. The van der Waals surface area contributed by atoms with Crippen LogP contribution in [0.2, 0.25) is 0 Å². The van der Waals surface area contributed by atoms with Gasteiger partial charge in [0.05, 0.1) is 6.61 Å². The largest absolute Gasteiger partial charge is 0.481 e. The molecular formula is C17H19NO3. The van der Waals surface area contributed by atoms with Crippen LogP contribution in [-0.2, 0) is 15.3 Å². The summed E-state index contributed by atoms with van der Waals surface area (Å²) in [6.45, 7) is 0.284. The van der Waals surface area contributed by atoms with Crippen molar-refractivity contribution in [3.8, 4) is 0 Å². The Morgan fingerprint density at radius 1 is 1.00 bits per heavy atom. The summed E-state index contributed by atoms with van der Waals surface area (Å²) in [5.41, 5.74) is 7.10. The van der Waals surface area contributed by atoms with Gasteiger partial charge in [0, 0.05) is 17.5 Å². The van der Waals surface area contributed by atoms with Gasteiger partial charge in [-0.05, 0) is 6.42 Å². The second-order valence-corrected chi connectivity index (χ2v) is 4.81. The molecule has 0 aliphatic rings. The molecule has 0 spiro atoms. The molecule has 0 aromatic heterocycles. The van der Waals surface area contributed by atoms with Crippen LogP contribution in [0.25, 0.3) is 0 Å². The summed E-state index contributed by atoms with van der Waals surface area (Å²) in [6.07, 6.45) is 0.494. The topological polar surface area (TPSA) is 72.5 Å². The van der Waals surface area contributed by atoms with E-state index in [-0.39, 0.29) is 13.0 Å². The Bertz CT molecular complexity index is 530. The van der Waals surface area contributed by atoms with Crippen LogP contribution in [0.3, 0.4) is 0 Å². The molecule has 0 radical (unpaired) electrons. The van der Waals surface area contributed by atoms with E-state index in [9.17, 15) is 4.79 Å². The molecule has 4 heteroatoms. The van der Waals surface area contributed by atoms with Crippen molar-refractivity contribution in [2.75, 3.05) is 6.61 Å². The second kappa shape index (κ2) is 7.02. The van der Waals surface area contributed by atoms with E-state index in [0.717, 1.165) is 11.1 Å². The third kappa shape index (κ3) is 3.90. The fourth-order valence-corrected chi connectivity index (χ4v) is 2.16. The van der Waals surface area contributed by atoms with Crippen molar-refractivity contribution < 1.29 is 14.6 Å². The molecule has 0 saturated heterocycles. The zero-order valence-corrected chi connectivity index (χ0v) is 11.7. The van der Waals surface area contributed by atoms with Crippen molar-refractivity contribution in [1.82, 2.24) is 0 Å². The van der Waals surface area contributed by atoms with Gasteiger partial charge in [-0.1, -0.05) is 60.7 Å². The number of benzene rings is 2. The third-order valence-electron chi connectivity index (χ3n) is 3.27. The van der Waals surface area contributed by atoms with E-state index >= 15 is 0 Å². The number of hydrogen-bond donors (Lipinski definition) is 2. The molecule has 0 saturated carbocycles. The Morgan fingerprint density at radius 3 is 1.90 bits per heavy atom. The van der Waals surface area contributed by atoms with E-state index in [4.69, 9.17) is 15.6 Å². The Labute approximate surface area is 124 Å². The lowest BCUT2D eigenvalue weighted by atomic mass is 9.95. The first-order valence-electron chi connectivity index (χ1n) is 6.88. The van der Waals surface area contributed by atoms with Crippen molar-refractivity contribution in [3.63, 3.8) is 0 Å². The molecule has 0 atom stereocenters. The number of ether oxygens (including phenoxy) is 1. The average molecular weight is 285 g/mol. The van der Waals surface area contributed by atoms with Crippen LogP contribution in [0.5, 0.6) is 0 Å². The van der Waals surface area contributed by atoms with Gasteiger partial charge >= 0.3 is 5.97 Å². The van der Waals surface area contributed by atoms with E-state index in [1.165, 1.54) is 0 Å². The predicted molar refractivity (Wildman–Crippen MR) is 80.7 cm³/mol. The van der Waals surface area contributed by atoms with E-state index < -0.39 is 11.7 Å². The van der Waals surface area contributed by atoms with Gasteiger partial charge < -0.3 is 9.84 Å². The van der Waals surface area contributed by atoms with Gasteiger partial charge in [0.1, 0.15) is 0 Å². The Hall–Kier alpha value is -2.17. The molecule has 21 heavy (non-hydrogen) atoms. The molecule has 0 heterocycles. The molecule has 0 amide bonds. The van der Waals surface area contributed by atoms with Gasteiger partial charge in [-0.15, -0.1) is 0 Å². The lowest BCUT2D eigenvalue weighted by Crippen LogP contribution is -2.41. The fourth-order valence-electron chi connectivity index (χ4n) is 2.16. The molecule has 110 valence electrons. The monoisotopic (exact) mass is 285 g/mol. The Kier molecular flexibility index (Phi) is 5.09. The second-order valence-electron chi connectivity index (χ2n) is 4.81. The van der Waals surface area contributed by atoms with Gasteiger partial charge in [0.15, 0.2) is 5.72 Å². The molecular weight excluding hydrogens is 266 g/mol. The third-order valence-corrected chi connectivity index (χ3v) is 3.27. The Morgan fingerprint density at radius 2 is 1.48 bits per heavy atom. The van der Waals surface area contributed by atoms with Crippen LogP contribution in [0.1, 0.15) is 24.0 Å². The SMILES string of the molecule is NC(OCCCC(=O)O)(c1ccccc1)c1ccccc1. The number of nitrogens with two attached hydrogens (primary N) is 1. The summed E-state index contributed by atoms with van der Waals surface area (Å²) in [5, 5.41) is 8.69. The van der Waals surface area contributed by atoms with Crippen LogP contribution in [0.4, 0.5) is 0 Å². The van der Waals surface area contributed by atoms with Crippen molar-refractivity contribution in [3.05, 3.63) is 71.8 Å². The first-order chi connectivity index (χ1) is 10.1. The molecule has 4 nitrogen and oxygen atoms in total. The standard InChI is InChI=1S/C17H19NO3/c18-17(14-8-3-1-4-9-14,15-10-5-2-6-11-15)21-13-7-12-16(19)20/h1-6,8-11H,7,12-13,18H2,(H,19,20). The Balaban J connectivity index is 2.21. The number of carboxylic acids is 1. The summed E-state index contributed by atoms with van der Waals surface area (Å²) in [7, 11) is 0. The minimum absolute atomic E-state index is 0.0691. The molecule has 2 rings (SSSR count). The molecule has 0 bridgehead atoms. The number of carboxylic acid groups (broad SMARTS) is 1. The minimum atomic E-state index is -1.07. The van der Waals surface area contributed by atoms with Gasteiger partial charge in [-0.2, -0.15) is 0 Å². The van der Waals surface area contributed by atoms with E-state index in [2.05, 4.69) is 0 Å². The molecule has 0 aliphatic heterocycles. The van der Waals surface area contributed by atoms with E-state index in [1.54, 1.807) is 0 Å². The summed E-state index contributed by atoms with van der Waals surface area (Å²) in [6, 6.07) is 19.1. The highest BCUT2D eigenvalue weighted by atomic mass is 16.5. The lowest BCUT2D eigenvalue weighted by molar-refractivity contribution is -0.137. The summed E-state index contributed by atoms with van der Waals surface area (Å²) >= 11 is 0. The maximum atomic E-state index is 10.6. The highest BCUT2D eigenvalue weighted by molar-refractivity contribution is 5.66.